The van der Waals surface area contributed by atoms with Crippen LogP contribution in [-0.2, 0) is 0 Å². The molecule has 3 radical (unpaired) electrons. The molecule has 0 aliphatic heterocycles. The lowest BCUT2D eigenvalue weighted by Crippen LogP contribution is -2.52. The second-order valence-electron chi connectivity index (χ2n) is 5.68. The molecule has 4 heteroatoms. The van der Waals surface area contributed by atoms with Crippen LogP contribution in [0.15, 0.2) is 48.5 Å². The Hall–Kier alpha value is -1.67. The zero-order chi connectivity index (χ0) is 14.8. The molecule has 0 fully saturated rings. The molecule has 0 bridgehead atoms. The zero-order valence-electron chi connectivity index (χ0n) is 12.7. The van der Waals surface area contributed by atoms with E-state index in [1.165, 1.54) is 11.2 Å². The number of nitrogens with zero attached hydrogens (tertiary/aromatic N) is 2. The van der Waals surface area contributed by atoms with Crippen molar-refractivity contribution in [3.63, 3.8) is 0 Å². The van der Waals surface area contributed by atoms with Crippen LogP contribution in [0.5, 0.6) is 0 Å². The van der Waals surface area contributed by atoms with Crippen molar-refractivity contribution in [2.24, 2.45) is 0 Å². The maximum Gasteiger partial charge on any atom is 0.493 e. The quantitative estimate of drug-likeness (QED) is 0.744. The number of para-hydroxylation sites is 2. The van der Waals surface area contributed by atoms with E-state index in [4.69, 9.17) is 7.85 Å². The maximum atomic E-state index is 6.11. The molecule has 99 valence electrons. The van der Waals surface area contributed by atoms with Crippen molar-refractivity contribution in [2.75, 3.05) is 33.1 Å². The number of rotatable bonds is 4. The van der Waals surface area contributed by atoms with Crippen molar-refractivity contribution < 1.29 is 0 Å². The molecule has 0 spiro atoms. The van der Waals surface area contributed by atoms with Crippen molar-refractivity contribution in [3.8, 4) is 0 Å². The second-order valence-corrected chi connectivity index (χ2v) is 5.68. The molecular formula is C16H20B2N2+. The van der Waals surface area contributed by atoms with E-state index in [1.807, 2.05) is 18.2 Å². The van der Waals surface area contributed by atoms with Gasteiger partial charge in [-0.3, -0.25) is 0 Å². The molecule has 0 heterocycles. The van der Waals surface area contributed by atoms with Crippen molar-refractivity contribution in [1.29, 1.82) is 0 Å². The van der Waals surface area contributed by atoms with Gasteiger partial charge in [-0.15, -0.1) is 0 Å². The predicted octanol–water partition coefficient (Wildman–Crippen LogP) is 1.06. The molecule has 0 saturated heterocycles. The van der Waals surface area contributed by atoms with Gasteiger partial charge in [-0.25, -0.2) is 0 Å². The number of hydrogen-bond acceptors (Lipinski definition) is 1. The minimum atomic E-state index is 0.609. The summed E-state index contributed by atoms with van der Waals surface area (Å²) in [6.07, 6.45) is 0. The number of anilines is 1. The molecule has 0 atom stereocenters. The molecule has 2 nitrogen and oxygen atoms in total. The summed E-state index contributed by atoms with van der Waals surface area (Å²) in [6, 6.07) is 16.4. The first-order valence-electron chi connectivity index (χ1n) is 6.73. The lowest BCUT2D eigenvalue weighted by atomic mass is 9.75. The molecule has 0 aliphatic carbocycles. The standard InChI is InChI=1S/C16H20B2N2/c1-19(2)15-11-7-6-10-14(15)18-20(3,4)16-12-8-5-9-13(16)17/h5-12H,1-4H3/q+1. The molecule has 2 aromatic rings. The fraction of sp³-hybridized carbons (Fsp3) is 0.250. The first kappa shape index (κ1) is 14.7. The highest BCUT2D eigenvalue weighted by molar-refractivity contribution is 6.57. The third kappa shape index (κ3) is 3.07. The summed E-state index contributed by atoms with van der Waals surface area (Å²) in [6.45, 7) is 0. The average molecular weight is 262 g/mol. The van der Waals surface area contributed by atoms with Crippen molar-refractivity contribution >= 4 is 37.6 Å². The largest absolute Gasteiger partial charge is 0.493 e. The molecular weight excluding hydrogens is 242 g/mol. The fourth-order valence-corrected chi connectivity index (χ4v) is 2.43. The highest BCUT2D eigenvalue weighted by atomic mass is 15.2. The van der Waals surface area contributed by atoms with Crippen molar-refractivity contribution in [3.05, 3.63) is 48.5 Å². The molecule has 0 aliphatic rings. The van der Waals surface area contributed by atoms with Crippen LogP contribution in [0.25, 0.3) is 0 Å². The smallest absolute Gasteiger partial charge is 0.378 e. The molecule has 2 rings (SSSR count). The summed E-state index contributed by atoms with van der Waals surface area (Å²) in [5.74, 6) is 0. The van der Waals surface area contributed by atoms with E-state index in [0.717, 1.165) is 11.2 Å². The van der Waals surface area contributed by atoms with Crippen LogP contribution in [0.1, 0.15) is 0 Å². The Balaban J connectivity index is 2.36. The minimum absolute atomic E-state index is 0.609. The summed E-state index contributed by atoms with van der Waals surface area (Å²) in [5.41, 5.74) is 4.32. The van der Waals surface area contributed by atoms with E-state index in [9.17, 15) is 0 Å². The first-order chi connectivity index (χ1) is 9.42. The van der Waals surface area contributed by atoms with Crippen LogP contribution in [-0.4, -0.2) is 43.5 Å². The summed E-state index contributed by atoms with van der Waals surface area (Å²) >= 11 is 0. The molecule has 0 amide bonds. The van der Waals surface area contributed by atoms with E-state index in [1.54, 1.807) is 0 Å². The van der Waals surface area contributed by atoms with E-state index in [0.29, 0.717) is 4.39 Å². The number of benzene rings is 2. The highest BCUT2D eigenvalue weighted by Crippen LogP contribution is 2.15. The van der Waals surface area contributed by atoms with Gasteiger partial charge in [0.1, 0.15) is 13.5 Å². The van der Waals surface area contributed by atoms with Gasteiger partial charge in [0, 0.05) is 25.2 Å². The van der Waals surface area contributed by atoms with Gasteiger partial charge >= 0.3 is 7.41 Å². The molecule has 2 aromatic carbocycles. The van der Waals surface area contributed by atoms with E-state index in [-0.39, 0.29) is 0 Å². The van der Waals surface area contributed by atoms with Gasteiger partial charge in [0.25, 0.3) is 0 Å². The van der Waals surface area contributed by atoms with Gasteiger partial charge in [-0.05, 0) is 17.6 Å². The van der Waals surface area contributed by atoms with Crippen LogP contribution in [0.3, 0.4) is 0 Å². The monoisotopic (exact) mass is 262 g/mol. The molecule has 20 heavy (non-hydrogen) atoms. The average Bonchev–Trinajstić information content (AvgIpc) is 2.39. The second kappa shape index (κ2) is 5.76. The summed E-state index contributed by atoms with van der Waals surface area (Å²) in [4.78, 5) is 2.13. The van der Waals surface area contributed by atoms with Crippen molar-refractivity contribution in [1.82, 2.24) is 4.39 Å². The lowest BCUT2D eigenvalue weighted by molar-refractivity contribution is 0.638. The molecule has 0 N–H and O–H groups in total. The maximum absolute atomic E-state index is 6.11. The van der Waals surface area contributed by atoms with E-state index >= 15 is 0 Å². The van der Waals surface area contributed by atoms with Gasteiger partial charge in [-0.1, -0.05) is 36.4 Å². The Morgan fingerprint density at radius 2 is 1.55 bits per heavy atom. The van der Waals surface area contributed by atoms with Crippen LogP contribution < -0.4 is 20.2 Å². The Bertz CT molecular complexity index is 595. The van der Waals surface area contributed by atoms with E-state index in [2.05, 4.69) is 70.8 Å². The van der Waals surface area contributed by atoms with Gasteiger partial charge in [-0.2, -0.15) is 0 Å². The van der Waals surface area contributed by atoms with Gasteiger partial charge in [0.15, 0.2) is 0 Å². The topological polar surface area (TPSA) is 3.24 Å². The third-order valence-corrected chi connectivity index (χ3v) is 3.44. The SMILES string of the molecule is [B]c1ccccc1[N+](C)(C)[B]c1ccccc1N(C)C. The predicted molar refractivity (Wildman–Crippen MR) is 91.6 cm³/mol. The van der Waals surface area contributed by atoms with E-state index < -0.39 is 0 Å². The molecule has 0 saturated carbocycles. The number of quaternary nitrogens is 1. The Morgan fingerprint density at radius 3 is 2.20 bits per heavy atom. The third-order valence-electron chi connectivity index (χ3n) is 3.44. The first-order valence-corrected chi connectivity index (χ1v) is 6.73. The van der Waals surface area contributed by atoms with Crippen LogP contribution in [0.2, 0.25) is 0 Å². The zero-order valence-corrected chi connectivity index (χ0v) is 12.7. The van der Waals surface area contributed by atoms with Crippen LogP contribution in [0.4, 0.5) is 11.4 Å². The Morgan fingerprint density at radius 1 is 0.950 bits per heavy atom. The molecule has 0 unspecified atom stereocenters. The van der Waals surface area contributed by atoms with Crippen LogP contribution in [0, 0.1) is 0 Å². The Labute approximate surface area is 124 Å². The van der Waals surface area contributed by atoms with Gasteiger partial charge in [0.05, 0.1) is 14.1 Å². The highest BCUT2D eigenvalue weighted by Gasteiger charge is 2.27. The lowest BCUT2D eigenvalue weighted by Gasteiger charge is -2.31. The van der Waals surface area contributed by atoms with Gasteiger partial charge in [0.2, 0.25) is 0 Å². The van der Waals surface area contributed by atoms with Crippen molar-refractivity contribution in [2.45, 2.75) is 0 Å². The number of hydrogen-bond donors (Lipinski definition) is 0. The van der Waals surface area contributed by atoms with Gasteiger partial charge < -0.3 is 9.29 Å². The Kier molecular flexibility index (Phi) is 4.24. The summed E-state index contributed by atoms with van der Waals surface area (Å²) in [7, 11) is 16.7. The molecule has 0 aromatic heterocycles. The summed E-state index contributed by atoms with van der Waals surface area (Å²) in [5, 5.41) is 0. The summed E-state index contributed by atoms with van der Waals surface area (Å²) < 4.78 is 0.609. The fourth-order valence-electron chi connectivity index (χ4n) is 2.43. The van der Waals surface area contributed by atoms with Crippen LogP contribution >= 0.6 is 0 Å². The normalized spacial score (nSPS) is 11.2. The minimum Gasteiger partial charge on any atom is -0.378 e.